The van der Waals surface area contributed by atoms with E-state index in [1.807, 2.05) is 29.2 Å². The first-order valence-electron chi connectivity index (χ1n) is 5.92. The quantitative estimate of drug-likeness (QED) is 0.819. The zero-order chi connectivity index (χ0) is 12.5. The highest BCUT2D eigenvalue weighted by molar-refractivity contribution is 5.94. The molecule has 3 N–H and O–H groups in total. The van der Waals surface area contributed by atoms with Crippen molar-refractivity contribution >= 4 is 11.7 Å². The second-order valence-electron chi connectivity index (χ2n) is 5.00. The van der Waals surface area contributed by atoms with Crippen LogP contribution in [0, 0.1) is 0 Å². The zero-order valence-electron chi connectivity index (χ0n) is 10.4. The van der Waals surface area contributed by atoms with Gasteiger partial charge in [-0.25, -0.2) is 4.79 Å². The molecule has 92 valence electrons. The van der Waals surface area contributed by atoms with E-state index in [4.69, 9.17) is 5.73 Å². The maximum Gasteiger partial charge on any atom is 0.322 e. The number of nitrogens with zero attached hydrogens (tertiary/aromatic N) is 1. The van der Waals surface area contributed by atoms with Crippen molar-refractivity contribution in [1.29, 1.82) is 0 Å². The van der Waals surface area contributed by atoms with E-state index in [0.29, 0.717) is 6.54 Å². The average molecular weight is 233 g/mol. The summed E-state index contributed by atoms with van der Waals surface area (Å²) in [5, 5.41) is 2.88. The van der Waals surface area contributed by atoms with Gasteiger partial charge in [0, 0.05) is 24.3 Å². The van der Waals surface area contributed by atoms with Gasteiger partial charge >= 0.3 is 6.03 Å². The number of carbonyl (C=O) groups excluding carboxylic acids is 1. The fraction of sp³-hybridized carbons (Fsp3) is 0.462. The van der Waals surface area contributed by atoms with Crippen LogP contribution in [0.15, 0.2) is 24.3 Å². The van der Waals surface area contributed by atoms with Crippen molar-refractivity contribution in [2.75, 3.05) is 11.4 Å². The van der Waals surface area contributed by atoms with Crippen molar-refractivity contribution in [3.05, 3.63) is 29.8 Å². The van der Waals surface area contributed by atoms with Crippen molar-refractivity contribution in [1.82, 2.24) is 5.32 Å². The minimum atomic E-state index is -0.146. The molecule has 0 aromatic heterocycles. The van der Waals surface area contributed by atoms with Crippen LogP contribution < -0.4 is 16.0 Å². The van der Waals surface area contributed by atoms with Crippen LogP contribution >= 0.6 is 0 Å². The summed E-state index contributed by atoms with van der Waals surface area (Å²) in [4.78, 5) is 13.8. The van der Waals surface area contributed by atoms with E-state index < -0.39 is 0 Å². The van der Waals surface area contributed by atoms with Gasteiger partial charge in [0.05, 0.1) is 0 Å². The van der Waals surface area contributed by atoms with Crippen LogP contribution in [-0.2, 0) is 6.54 Å². The normalized spacial score (nSPS) is 19.0. The van der Waals surface area contributed by atoms with Crippen molar-refractivity contribution in [3.8, 4) is 0 Å². The molecule has 1 aliphatic rings. The number of carbonyl (C=O) groups is 1. The Morgan fingerprint density at radius 1 is 1.35 bits per heavy atom. The van der Waals surface area contributed by atoms with Crippen molar-refractivity contribution in [2.24, 2.45) is 5.73 Å². The summed E-state index contributed by atoms with van der Waals surface area (Å²) in [5.74, 6) is 0. The predicted octanol–water partition coefficient (Wildman–Crippen LogP) is 1.84. The summed E-state index contributed by atoms with van der Waals surface area (Å²) < 4.78 is 0. The fourth-order valence-corrected chi connectivity index (χ4v) is 2.19. The van der Waals surface area contributed by atoms with Crippen molar-refractivity contribution < 1.29 is 4.79 Å². The molecule has 1 aliphatic heterocycles. The molecule has 4 nitrogen and oxygen atoms in total. The van der Waals surface area contributed by atoms with Crippen molar-refractivity contribution in [2.45, 2.75) is 32.4 Å². The number of benzene rings is 1. The molecule has 1 saturated heterocycles. The first kappa shape index (κ1) is 11.9. The molecule has 0 radical (unpaired) electrons. The minimum Gasteiger partial charge on any atom is -0.338 e. The van der Waals surface area contributed by atoms with E-state index >= 15 is 0 Å². The van der Waals surface area contributed by atoms with E-state index in [9.17, 15) is 4.79 Å². The number of hydrogen-bond donors (Lipinski definition) is 2. The average Bonchev–Trinajstić information content (AvgIpc) is 2.28. The molecule has 2 rings (SSSR count). The smallest absolute Gasteiger partial charge is 0.322 e. The molecule has 1 heterocycles. The molecule has 0 unspecified atom stereocenters. The summed E-state index contributed by atoms with van der Waals surface area (Å²) >= 11 is 0. The lowest BCUT2D eigenvalue weighted by atomic mass is 9.95. The largest absolute Gasteiger partial charge is 0.338 e. The summed E-state index contributed by atoms with van der Waals surface area (Å²) in [5.41, 5.74) is 7.41. The Kier molecular flexibility index (Phi) is 3.07. The third-order valence-electron chi connectivity index (χ3n) is 3.25. The van der Waals surface area contributed by atoms with E-state index in [1.165, 1.54) is 0 Å². The van der Waals surface area contributed by atoms with Gasteiger partial charge in [-0.2, -0.15) is 0 Å². The monoisotopic (exact) mass is 233 g/mol. The fourth-order valence-electron chi connectivity index (χ4n) is 2.19. The van der Waals surface area contributed by atoms with E-state index in [2.05, 4.69) is 19.2 Å². The molecule has 17 heavy (non-hydrogen) atoms. The highest BCUT2D eigenvalue weighted by Crippen LogP contribution is 2.29. The van der Waals surface area contributed by atoms with Crippen LogP contribution in [0.25, 0.3) is 0 Å². The summed E-state index contributed by atoms with van der Waals surface area (Å²) in [6, 6.07) is 7.81. The van der Waals surface area contributed by atoms with E-state index in [0.717, 1.165) is 24.2 Å². The number of nitrogens with two attached hydrogens (primary N) is 1. The topological polar surface area (TPSA) is 58.4 Å². The summed E-state index contributed by atoms with van der Waals surface area (Å²) in [6.07, 6.45) is 0.942. The van der Waals surface area contributed by atoms with Crippen LogP contribution in [0.5, 0.6) is 0 Å². The van der Waals surface area contributed by atoms with Gasteiger partial charge in [-0.1, -0.05) is 12.1 Å². The minimum absolute atomic E-state index is 0.0262. The van der Waals surface area contributed by atoms with Crippen LogP contribution in [-0.4, -0.2) is 18.1 Å². The van der Waals surface area contributed by atoms with Crippen molar-refractivity contribution in [3.63, 3.8) is 0 Å². The Hall–Kier alpha value is -1.55. The predicted molar refractivity (Wildman–Crippen MR) is 68.9 cm³/mol. The van der Waals surface area contributed by atoms with Gasteiger partial charge in [-0.15, -0.1) is 0 Å². The number of amides is 2. The van der Waals surface area contributed by atoms with Gasteiger partial charge in [-0.3, -0.25) is 4.90 Å². The highest BCUT2D eigenvalue weighted by Gasteiger charge is 2.35. The maximum atomic E-state index is 12.0. The molecule has 0 spiro atoms. The number of nitrogens with one attached hydrogen (secondary N) is 1. The second-order valence-corrected chi connectivity index (χ2v) is 5.00. The lowest BCUT2D eigenvalue weighted by Crippen LogP contribution is -2.58. The molecule has 0 aliphatic carbocycles. The standard InChI is InChI=1S/C13H19N3O/c1-13(2)7-8-15-12(17)16(13)11-5-3-10(9-14)4-6-11/h3-6H,7-9,14H2,1-2H3,(H,15,17). The Bertz CT molecular complexity index is 411. The van der Waals surface area contributed by atoms with Crippen LogP contribution in [0.1, 0.15) is 25.8 Å². The molecule has 0 atom stereocenters. The highest BCUT2D eigenvalue weighted by atomic mass is 16.2. The number of urea groups is 1. The summed E-state index contributed by atoms with van der Waals surface area (Å²) in [7, 11) is 0. The number of rotatable bonds is 2. The molecule has 2 amide bonds. The van der Waals surface area contributed by atoms with Gasteiger partial charge in [0.15, 0.2) is 0 Å². The Balaban J connectivity index is 2.32. The Morgan fingerprint density at radius 2 is 2.00 bits per heavy atom. The molecule has 1 aromatic rings. The first-order valence-corrected chi connectivity index (χ1v) is 5.92. The number of anilines is 1. The second kappa shape index (κ2) is 4.37. The number of hydrogen-bond acceptors (Lipinski definition) is 2. The van der Waals surface area contributed by atoms with Gasteiger partial charge in [0.25, 0.3) is 0 Å². The molecule has 1 aromatic carbocycles. The van der Waals surface area contributed by atoms with Crippen LogP contribution in [0.2, 0.25) is 0 Å². The molecular formula is C13H19N3O. The van der Waals surface area contributed by atoms with Crippen LogP contribution in [0.4, 0.5) is 10.5 Å². The molecule has 0 saturated carbocycles. The molecule has 0 bridgehead atoms. The third kappa shape index (κ3) is 2.26. The van der Waals surface area contributed by atoms with Gasteiger partial charge in [0.2, 0.25) is 0 Å². The molecular weight excluding hydrogens is 214 g/mol. The molecule has 4 heteroatoms. The Labute approximate surface area is 102 Å². The molecule has 1 fully saturated rings. The third-order valence-corrected chi connectivity index (χ3v) is 3.25. The lowest BCUT2D eigenvalue weighted by Gasteiger charge is -2.42. The van der Waals surface area contributed by atoms with E-state index in [-0.39, 0.29) is 11.6 Å². The maximum absolute atomic E-state index is 12.0. The van der Waals surface area contributed by atoms with Gasteiger partial charge < -0.3 is 11.1 Å². The van der Waals surface area contributed by atoms with E-state index in [1.54, 1.807) is 0 Å². The SMILES string of the molecule is CC1(C)CCNC(=O)N1c1ccc(CN)cc1. The zero-order valence-corrected chi connectivity index (χ0v) is 10.4. The van der Waals surface area contributed by atoms with Gasteiger partial charge in [-0.05, 0) is 38.0 Å². The first-order chi connectivity index (χ1) is 8.04. The van der Waals surface area contributed by atoms with Gasteiger partial charge in [0.1, 0.15) is 0 Å². The van der Waals surface area contributed by atoms with Crippen LogP contribution in [0.3, 0.4) is 0 Å². The lowest BCUT2D eigenvalue weighted by molar-refractivity contribution is 0.230. The summed E-state index contributed by atoms with van der Waals surface area (Å²) in [6.45, 7) is 5.43. The Morgan fingerprint density at radius 3 is 2.53 bits per heavy atom.